The molecule has 0 aliphatic heterocycles. The summed E-state index contributed by atoms with van der Waals surface area (Å²) < 4.78 is 0. The maximum absolute atomic E-state index is 12.5. The van der Waals surface area contributed by atoms with Crippen LogP contribution < -0.4 is 5.73 Å². The van der Waals surface area contributed by atoms with Crippen molar-refractivity contribution >= 4 is 11.8 Å². The number of carbonyl (C=O) groups excluding carboxylic acids is 2. The number of aryl methyl sites for hydroxylation is 1. The molecule has 0 bridgehead atoms. The molecule has 2 rings (SSSR count). The smallest absolute Gasteiger partial charge is 0.253 e. The van der Waals surface area contributed by atoms with Gasteiger partial charge in [-0.2, -0.15) is 0 Å². The van der Waals surface area contributed by atoms with E-state index in [-0.39, 0.29) is 24.1 Å². The maximum atomic E-state index is 12.5. The molecule has 0 radical (unpaired) electrons. The van der Waals surface area contributed by atoms with Crippen LogP contribution in [-0.2, 0) is 4.79 Å². The molecule has 5 heteroatoms. The molecule has 2 aromatic rings. The van der Waals surface area contributed by atoms with E-state index in [1.165, 1.54) is 4.90 Å². The third kappa shape index (κ3) is 3.93. The molecule has 0 aliphatic carbocycles. The van der Waals surface area contributed by atoms with Gasteiger partial charge in [0, 0.05) is 30.6 Å². The highest BCUT2D eigenvalue weighted by Gasteiger charge is 2.19. The Bertz CT molecular complexity index is 754. The van der Waals surface area contributed by atoms with Crippen LogP contribution in [0.5, 0.6) is 5.75 Å². The summed E-state index contributed by atoms with van der Waals surface area (Å²) in [5.74, 6) is -0.414. The summed E-state index contributed by atoms with van der Waals surface area (Å²) in [4.78, 5) is 25.0. The van der Waals surface area contributed by atoms with Crippen LogP contribution in [0.4, 0.5) is 0 Å². The number of aromatic hydroxyl groups is 1. The number of benzene rings is 2. The summed E-state index contributed by atoms with van der Waals surface area (Å²) >= 11 is 0. The highest BCUT2D eigenvalue weighted by Crippen LogP contribution is 2.30. The minimum atomic E-state index is -0.438. The lowest BCUT2D eigenvalue weighted by Crippen LogP contribution is -2.37. The molecule has 24 heavy (non-hydrogen) atoms. The molecule has 1 atom stereocenters. The van der Waals surface area contributed by atoms with Crippen LogP contribution in [0.1, 0.15) is 29.3 Å². The lowest BCUT2D eigenvalue weighted by atomic mass is 10.0. The molecule has 0 heterocycles. The Morgan fingerprint density at radius 3 is 2.38 bits per heavy atom. The van der Waals surface area contributed by atoms with Crippen LogP contribution in [0.3, 0.4) is 0 Å². The fraction of sp³-hybridized carbons (Fsp3) is 0.263. The first-order chi connectivity index (χ1) is 11.3. The molecule has 0 aliphatic rings. The Balaban J connectivity index is 2.21. The van der Waals surface area contributed by atoms with Gasteiger partial charge in [-0.3, -0.25) is 9.59 Å². The topological polar surface area (TPSA) is 83.6 Å². The van der Waals surface area contributed by atoms with E-state index in [9.17, 15) is 14.7 Å². The number of nitrogens with two attached hydrogens (primary N) is 1. The molecule has 0 aromatic heterocycles. The standard InChI is InChI=1S/C19H22N2O3/c1-12-4-9-17(22)16(10-12)14-5-7-15(8-6-14)19(24)21(3)13(2)11-18(20)23/h4-10,13,22H,11H2,1-3H3,(H2,20,23). The van der Waals surface area contributed by atoms with Gasteiger partial charge in [-0.1, -0.05) is 23.8 Å². The number of hydrogen-bond acceptors (Lipinski definition) is 3. The summed E-state index contributed by atoms with van der Waals surface area (Å²) in [7, 11) is 1.65. The summed E-state index contributed by atoms with van der Waals surface area (Å²) in [5.41, 5.74) is 8.30. The van der Waals surface area contributed by atoms with E-state index in [0.29, 0.717) is 5.56 Å². The Morgan fingerprint density at radius 1 is 1.17 bits per heavy atom. The molecule has 0 fully saturated rings. The first-order valence-corrected chi connectivity index (χ1v) is 7.75. The maximum Gasteiger partial charge on any atom is 0.253 e. The van der Waals surface area contributed by atoms with Crippen LogP contribution in [0, 0.1) is 6.92 Å². The molecular weight excluding hydrogens is 304 g/mol. The van der Waals surface area contributed by atoms with Crippen molar-refractivity contribution in [1.82, 2.24) is 4.90 Å². The quantitative estimate of drug-likeness (QED) is 0.886. The molecule has 2 amide bonds. The number of phenolic OH excluding ortho intramolecular Hbond substituents is 1. The number of phenols is 1. The minimum Gasteiger partial charge on any atom is -0.507 e. The average molecular weight is 326 g/mol. The predicted molar refractivity (Wildman–Crippen MR) is 93.6 cm³/mol. The zero-order valence-corrected chi connectivity index (χ0v) is 14.1. The first-order valence-electron chi connectivity index (χ1n) is 7.75. The molecule has 5 nitrogen and oxygen atoms in total. The van der Waals surface area contributed by atoms with Crippen LogP contribution >= 0.6 is 0 Å². The second-order valence-corrected chi connectivity index (χ2v) is 6.03. The molecule has 0 spiro atoms. The van der Waals surface area contributed by atoms with Gasteiger partial charge < -0.3 is 15.7 Å². The highest BCUT2D eigenvalue weighted by molar-refractivity contribution is 5.95. The van der Waals surface area contributed by atoms with Gasteiger partial charge in [-0.25, -0.2) is 0 Å². The molecule has 0 saturated heterocycles. The number of hydrogen-bond donors (Lipinski definition) is 2. The number of amides is 2. The summed E-state index contributed by atoms with van der Waals surface area (Å²) in [6.07, 6.45) is 0.123. The highest BCUT2D eigenvalue weighted by atomic mass is 16.3. The van der Waals surface area contributed by atoms with Gasteiger partial charge in [0.1, 0.15) is 5.75 Å². The van der Waals surface area contributed by atoms with Crippen molar-refractivity contribution in [2.24, 2.45) is 5.73 Å². The van der Waals surface area contributed by atoms with Gasteiger partial charge in [-0.05, 0) is 43.7 Å². The summed E-state index contributed by atoms with van der Waals surface area (Å²) in [6.45, 7) is 3.73. The van der Waals surface area contributed by atoms with E-state index in [1.807, 2.05) is 19.1 Å². The molecule has 126 valence electrons. The fourth-order valence-corrected chi connectivity index (χ4v) is 2.51. The molecular formula is C19H22N2O3. The Kier molecular flexibility index (Phi) is 5.24. The van der Waals surface area contributed by atoms with Crippen molar-refractivity contribution in [1.29, 1.82) is 0 Å². The second-order valence-electron chi connectivity index (χ2n) is 6.03. The van der Waals surface area contributed by atoms with Crippen molar-refractivity contribution in [3.63, 3.8) is 0 Å². The SMILES string of the molecule is Cc1ccc(O)c(-c2ccc(C(=O)N(C)C(C)CC(N)=O)cc2)c1. The number of rotatable bonds is 5. The molecule has 3 N–H and O–H groups in total. The summed E-state index contributed by atoms with van der Waals surface area (Å²) in [5, 5.41) is 9.99. The van der Waals surface area contributed by atoms with Gasteiger partial charge in [0.15, 0.2) is 0 Å². The largest absolute Gasteiger partial charge is 0.507 e. The Labute approximate surface area is 141 Å². The third-order valence-corrected chi connectivity index (χ3v) is 4.07. The predicted octanol–water partition coefficient (Wildman–Crippen LogP) is 2.70. The van der Waals surface area contributed by atoms with Crippen molar-refractivity contribution < 1.29 is 14.7 Å². The van der Waals surface area contributed by atoms with E-state index >= 15 is 0 Å². The van der Waals surface area contributed by atoms with Gasteiger partial charge in [0.05, 0.1) is 0 Å². The number of carbonyl (C=O) groups is 2. The molecule has 2 aromatic carbocycles. The summed E-state index contributed by atoms with van der Waals surface area (Å²) in [6, 6.07) is 12.2. The molecule has 0 saturated carbocycles. The number of primary amides is 1. The fourth-order valence-electron chi connectivity index (χ4n) is 2.51. The normalized spacial score (nSPS) is 11.8. The van der Waals surface area contributed by atoms with Crippen LogP contribution in [0.25, 0.3) is 11.1 Å². The third-order valence-electron chi connectivity index (χ3n) is 4.07. The van der Waals surface area contributed by atoms with E-state index in [4.69, 9.17) is 5.73 Å². The zero-order chi connectivity index (χ0) is 17.9. The minimum absolute atomic E-state index is 0.123. The zero-order valence-electron chi connectivity index (χ0n) is 14.1. The van der Waals surface area contributed by atoms with E-state index in [2.05, 4.69) is 0 Å². The number of nitrogens with zero attached hydrogens (tertiary/aromatic N) is 1. The Morgan fingerprint density at radius 2 is 1.79 bits per heavy atom. The van der Waals surface area contributed by atoms with Crippen LogP contribution in [0.2, 0.25) is 0 Å². The van der Waals surface area contributed by atoms with Crippen molar-refractivity contribution in [3.05, 3.63) is 53.6 Å². The van der Waals surface area contributed by atoms with E-state index in [0.717, 1.165) is 16.7 Å². The average Bonchev–Trinajstić information content (AvgIpc) is 2.55. The van der Waals surface area contributed by atoms with Gasteiger partial charge in [0.2, 0.25) is 5.91 Å². The lowest BCUT2D eigenvalue weighted by Gasteiger charge is -2.24. The van der Waals surface area contributed by atoms with Crippen molar-refractivity contribution in [3.8, 4) is 16.9 Å². The van der Waals surface area contributed by atoms with Gasteiger partial charge in [0.25, 0.3) is 5.91 Å². The van der Waals surface area contributed by atoms with Crippen LogP contribution in [-0.4, -0.2) is 34.9 Å². The Hall–Kier alpha value is -2.82. The van der Waals surface area contributed by atoms with Gasteiger partial charge >= 0.3 is 0 Å². The van der Waals surface area contributed by atoms with Crippen LogP contribution in [0.15, 0.2) is 42.5 Å². The first kappa shape index (κ1) is 17.5. The second kappa shape index (κ2) is 7.17. The van der Waals surface area contributed by atoms with E-state index in [1.54, 1.807) is 44.3 Å². The lowest BCUT2D eigenvalue weighted by molar-refractivity contribution is -0.118. The molecule has 1 unspecified atom stereocenters. The van der Waals surface area contributed by atoms with Crippen molar-refractivity contribution in [2.75, 3.05) is 7.05 Å². The monoisotopic (exact) mass is 326 g/mol. The van der Waals surface area contributed by atoms with Crippen molar-refractivity contribution in [2.45, 2.75) is 26.3 Å². The van der Waals surface area contributed by atoms with E-state index < -0.39 is 5.91 Å². The van der Waals surface area contributed by atoms with Gasteiger partial charge in [-0.15, -0.1) is 0 Å².